The van der Waals surface area contributed by atoms with Crippen molar-refractivity contribution in [3.05, 3.63) is 65.6 Å². The van der Waals surface area contributed by atoms with E-state index in [1.54, 1.807) is 0 Å². The molecule has 0 N–H and O–H groups in total. The van der Waals surface area contributed by atoms with Gasteiger partial charge in [0.05, 0.1) is 6.54 Å². The SMILES string of the molecule is Cc1cc2c(o1)CN(C)CCC2Oc1ccc2ccccc2c1. The van der Waals surface area contributed by atoms with Crippen LogP contribution in [0.5, 0.6) is 5.75 Å². The predicted octanol–water partition coefficient (Wildman–Crippen LogP) is 4.70. The highest BCUT2D eigenvalue weighted by Crippen LogP contribution is 2.33. The molecule has 1 unspecified atom stereocenters. The fourth-order valence-corrected chi connectivity index (χ4v) is 3.32. The summed E-state index contributed by atoms with van der Waals surface area (Å²) in [5, 5.41) is 2.44. The summed E-state index contributed by atoms with van der Waals surface area (Å²) in [4.78, 5) is 2.28. The van der Waals surface area contributed by atoms with E-state index < -0.39 is 0 Å². The minimum Gasteiger partial charge on any atom is -0.486 e. The fourth-order valence-electron chi connectivity index (χ4n) is 3.32. The highest BCUT2D eigenvalue weighted by Gasteiger charge is 2.25. The lowest BCUT2D eigenvalue weighted by Gasteiger charge is -2.18. The Hall–Kier alpha value is -2.26. The zero-order chi connectivity index (χ0) is 15.8. The van der Waals surface area contributed by atoms with E-state index in [1.807, 2.05) is 6.92 Å². The lowest BCUT2D eigenvalue weighted by atomic mass is 10.1. The molecule has 2 aromatic carbocycles. The van der Waals surface area contributed by atoms with E-state index in [0.717, 1.165) is 36.8 Å². The number of hydrogen-bond acceptors (Lipinski definition) is 3. The minimum absolute atomic E-state index is 0.0496. The molecule has 1 aromatic heterocycles. The van der Waals surface area contributed by atoms with E-state index in [2.05, 4.69) is 60.5 Å². The van der Waals surface area contributed by atoms with E-state index in [0.29, 0.717) is 0 Å². The molecule has 118 valence electrons. The minimum atomic E-state index is 0.0496. The first-order valence-corrected chi connectivity index (χ1v) is 8.12. The van der Waals surface area contributed by atoms with Crippen LogP contribution in [0.4, 0.5) is 0 Å². The van der Waals surface area contributed by atoms with Gasteiger partial charge in [0.1, 0.15) is 23.4 Å². The summed E-state index contributed by atoms with van der Waals surface area (Å²) >= 11 is 0. The number of benzene rings is 2. The quantitative estimate of drug-likeness (QED) is 0.686. The Morgan fingerprint density at radius 3 is 2.78 bits per heavy atom. The molecular weight excluding hydrogens is 286 g/mol. The molecular formula is C20H21NO2. The molecule has 23 heavy (non-hydrogen) atoms. The number of rotatable bonds is 2. The third kappa shape index (κ3) is 2.84. The maximum Gasteiger partial charge on any atom is 0.128 e. The van der Waals surface area contributed by atoms with Crippen LogP contribution in [0.25, 0.3) is 10.8 Å². The summed E-state index contributed by atoms with van der Waals surface area (Å²) in [7, 11) is 2.13. The van der Waals surface area contributed by atoms with Crippen molar-refractivity contribution in [2.24, 2.45) is 0 Å². The topological polar surface area (TPSA) is 25.6 Å². The molecule has 0 bridgehead atoms. The second-order valence-electron chi connectivity index (χ2n) is 6.38. The van der Waals surface area contributed by atoms with E-state index >= 15 is 0 Å². The highest BCUT2D eigenvalue weighted by atomic mass is 16.5. The molecule has 0 saturated heterocycles. The van der Waals surface area contributed by atoms with Crippen molar-refractivity contribution in [1.82, 2.24) is 4.90 Å². The van der Waals surface area contributed by atoms with Gasteiger partial charge in [-0.25, -0.2) is 0 Å². The Balaban J connectivity index is 1.66. The van der Waals surface area contributed by atoms with Crippen molar-refractivity contribution < 1.29 is 9.15 Å². The van der Waals surface area contributed by atoms with Crippen LogP contribution >= 0.6 is 0 Å². The smallest absolute Gasteiger partial charge is 0.128 e. The van der Waals surface area contributed by atoms with Crippen molar-refractivity contribution in [1.29, 1.82) is 0 Å². The summed E-state index contributed by atoms with van der Waals surface area (Å²) < 4.78 is 12.2. The third-order valence-electron chi connectivity index (χ3n) is 4.50. The van der Waals surface area contributed by atoms with Crippen molar-refractivity contribution in [3.63, 3.8) is 0 Å². The Bertz CT molecular complexity index is 837. The molecule has 1 aliphatic heterocycles. The summed E-state index contributed by atoms with van der Waals surface area (Å²) in [6.07, 6.45) is 1.02. The van der Waals surface area contributed by atoms with E-state index in [-0.39, 0.29) is 6.10 Å². The molecule has 1 aliphatic rings. The molecule has 0 fully saturated rings. The molecule has 2 heterocycles. The number of ether oxygens (including phenoxy) is 1. The van der Waals surface area contributed by atoms with E-state index in [1.165, 1.54) is 16.3 Å². The van der Waals surface area contributed by atoms with Crippen LogP contribution < -0.4 is 4.74 Å². The van der Waals surface area contributed by atoms with Crippen LogP contribution in [0.2, 0.25) is 0 Å². The first kappa shape index (κ1) is 14.3. The highest BCUT2D eigenvalue weighted by molar-refractivity contribution is 5.83. The molecule has 0 spiro atoms. The largest absolute Gasteiger partial charge is 0.486 e. The van der Waals surface area contributed by atoms with Crippen molar-refractivity contribution >= 4 is 10.8 Å². The van der Waals surface area contributed by atoms with Crippen LogP contribution in [0.3, 0.4) is 0 Å². The zero-order valence-electron chi connectivity index (χ0n) is 13.6. The monoisotopic (exact) mass is 307 g/mol. The molecule has 3 nitrogen and oxygen atoms in total. The first-order chi connectivity index (χ1) is 11.2. The van der Waals surface area contributed by atoms with Gasteiger partial charge in [-0.1, -0.05) is 30.3 Å². The van der Waals surface area contributed by atoms with Crippen LogP contribution in [0.15, 0.2) is 52.9 Å². The Morgan fingerprint density at radius 2 is 1.91 bits per heavy atom. The molecule has 3 aromatic rings. The van der Waals surface area contributed by atoms with Gasteiger partial charge in [0.15, 0.2) is 0 Å². The van der Waals surface area contributed by atoms with Crippen LogP contribution in [0, 0.1) is 6.92 Å². The van der Waals surface area contributed by atoms with Gasteiger partial charge >= 0.3 is 0 Å². The molecule has 4 rings (SSSR count). The maximum absolute atomic E-state index is 6.34. The average Bonchev–Trinajstić information content (AvgIpc) is 2.85. The molecule has 0 radical (unpaired) electrons. The van der Waals surface area contributed by atoms with Gasteiger partial charge in [0, 0.05) is 18.5 Å². The molecule has 0 aliphatic carbocycles. The number of aryl methyl sites for hydroxylation is 1. The molecule has 0 saturated carbocycles. The van der Waals surface area contributed by atoms with Gasteiger partial charge in [-0.3, -0.25) is 4.90 Å². The van der Waals surface area contributed by atoms with Crippen LogP contribution in [0.1, 0.15) is 29.6 Å². The molecule has 1 atom stereocenters. The lowest BCUT2D eigenvalue weighted by molar-refractivity contribution is 0.183. The number of nitrogens with zero attached hydrogens (tertiary/aromatic N) is 1. The van der Waals surface area contributed by atoms with Gasteiger partial charge < -0.3 is 9.15 Å². The van der Waals surface area contributed by atoms with Gasteiger partial charge in [0.2, 0.25) is 0 Å². The lowest BCUT2D eigenvalue weighted by Crippen LogP contribution is -2.18. The number of hydrogen-bond donors (Lipinski definition) is 0. The molecule has 3 heteroatoms. The second kappa shape index (κ2) is 5.74. The standard InChI is InChI=1S/C20H21NO2/c1-14-11-18-19(9-10-21(2)13-20(18)22-14)23-17-8-7-15-5-3-4-6-16(15)12-17/h3-8,11-12,19H,9-10,13H2,1-2H3. The van der Waals surface area contributed by atoms with E-state index in [4.69, 9.17) is 9.15 Å². The zero-order valence-corrected chi connectivity index (χ0v) is 13.6. The summed E-state index contributed by atoms with van der Waals surface area (Å²) in [5.74, 6) is 2.91. The van der Waals surface area contributed by atoms with Gasteiger partial charge in [-0.05, 0) is 42.9 Å². The number of furan rings is 1. The fraction of sp³-hybridized carbons (Fsp3) is 0.300. The third-order valence-corrected chi connectivity index (χ3v) is 4.50. The second-order valence-corrected chi connectivity index (χ2v) is 6.38. The summed E-state index contributed by atoms with van der Waals surface area (Å²) in [6, 6.07) is 16.8. The van der Waals surface area contributed by atoms with Gasteiger partial charge in [-0.15, -0.1) is 0 Å². The predicted molar refractivity (Wildman–Crippen MR) is 91.7 cm³/mol. The van der Waals surface area contributed by atoms with Gasteiger partial charge in [-0.2, -0.15) is 0 Å². The maximum atomic E-state index is 6.34. The van der Waals surface area contributed by atoms with Gasteiger partial charge in [0.25, 0.3) is 0 Å². The Kier molecular flexibility index (Phi) is 3.58. The van der Waals surface area contributed by atoms with Crippen molar-refractivity contribution in [2.45, 2.75) is 26.0 Å². The summed E-state index contributed by atoms with van der Waals surface area (Å²) in [6.45, 7) is 3.85. The van der Waals surface area contributed by atoms with E-state index in [9.17, 15) is 0 Å². The van der Waals surface area contributed by atoms with Crippen LogP contribution in [-0.2, 0) is 6.54 Å². The number of fused-ring (bicyclic) bond motifs is 2. The van der Waals surface area contributed by atoms with Crippen LogP contribution in [-0.4, -0.2) is 18.5 Å². The normalized spacial score (nSPS) is 18.6. The first-order valence-electron chi connectivity index (χ1n) is 8.12. The molecule has 0 amide bonds. The van der Waals surface area contributed by atoms with Crippen molar-refractivity contribution in [2.75, 3.05) is 13.6 Å². The average molecular weight is 307 g/mol. The Labute approximate surface area is 136 Å². The Morgan fingerprint density at radius 1 is 1.09 bits per heavy atom. The van der Waals surface area contributed by atoms with Crippen molar-refractivity contribution in [3.8, 4) is 5.75 Å². The summed E-state index contributed by atoms with van der Waals surface area (Å²) in [5.41, 5.74) is 1.19.